The highest BCUT2D eigenvalue weighted by molar-refractivity contribution is 5.90. The number of hydrogen-bond donors (Lipinski definition) is 1. The number of nitrogens with zero attached hydrogens (tertiary/aromatic N) is 2. The zero-order chi connectivity index (χ0) is 16.4. The largest absolute Gasteiger partial charge is 0.478 e. The van der Waals surface area contributed by atoms with Crippen molar-refractivity contribution in [1.29, 1.82) is 0 Å². The standard InChI is InChI=1S/C12H13F3N2O4/c1-7(2)16(6-12(13,14)15)10-5-8(11(18)19)3-4-9(10)17(20)21/h3-5,7H,6H2,1-2H3,(H,18,19). The van der Waals surface area contributed by atoms with Crippen molar-refractivity contribution in [2.45, 2.75) is 26.1 Å². The van der Waals surface area contributed by atoms with Gasteiger partial charge in [-0.3, -0.25) is 10.1 Å². The second kappa shape index (κ2) is 5.98. The van der Waals surface area contributed by atoms with Gasteiger partial charge in [0.05, 0.1) is 10.5 Å². The van der Waals surface area contributed by atoms with Crippen LogP contribution in [-0.4, -0.2) is 34.8 Å². The minimum absolute atomic E-state index is 0.316. The number of halogens is 3. The lowest BCUT2D eigenvalue weighted by Crippen LogP contribution is -2.39. The van der Waals surface area contributed by atoms with E-state index < -0.39 is 35.3 Å². The third-order valence-corrected chi connectivity index (χ3v) is 2.70. The van der Waals surface area contributed by atoms with Crippen LogP contribution in [0.15, 0.2) is 18.2 Å². The van der Waals surface area contributed by atoms with Gasteiger partial charge in [-0.2, -0.15) is 13.2 Å². The van der Waals surface area contributed by atoms with Crippen LogP contribution in [0, 0.1) is 10.1 Å². The van der Waals surface area contributed by atoms with Gasteiger partial charge in [-0.25, -0.2) is 4.79 Å². The summed E-state index contributed by atoms with van der Waals surface area (Å²) in [7, 11) is 0. The first-order valence-electron chi connectivity index (χ1n) is 5.88. The van der Waals surface area contributed by atoms with Crippen LogP contribution >= 0.6 is 0 Å². The first-order valence-corrected chi connectivity index (χ1v) is 5.88. The first kappa shape index (κ1) is 16.7. The fourth-order valence-corrected chi connectivity index (χ4v) is 1.78. The van der Waals surface area contributed by atoms with Gasteiger partial charge in [0.1, 0.15) is 12.2 Å². The predicted molar refractivity (Wildman–Crippen MR) is 68.6 cm³/mol. The highest BCUT2D eigenvalue weighted by Gasteiger charge is 2.34. The Morgan fingerprint density at radius 3 is 2.38 bits per heavy atom. The molecule has 1 aromatic carbocycles. The van der Waals surface area contributed by atoms with Gasteiger partial charge < -0.3 is 10.0 Å². The Hall–Kier alpha value is -2.32. The van der Waals surface area contributed by atoms with Crippen molar-refractivity contribution >= 4 is 17.3 Å². The number of rotatable bonds is 5. The van der Waals surface area contributed by atoms with Crippen LogP contribution in [0.2, 0.25) is 0 Å². The molecule has 0 spiro atoms. The average Bonchev–Trinajstić information content (AvgIpc) is 2.33. The number of hydrogen-bond acceptors (Lipinski definition) is 4. The molecule has 0 aliphatic carbocycles. The van der Waals surface area contributed by atoms with E-state index in [0.717, 1.165) is 23.1 Å². The Balaban J connectivity index is 3.42. The maximum absolute atomic E-state index is 12.6. The van der Waals surface area contributed by atoms with E-state index in [0.29, 0.717) is 0 Å². The van der Waals surface area contributed by atoms with Crippen LogP contribution in [-0.2, 0) is 0 Å². The summed E-state index contributed by atoms with van der Waals surface area (Å²) in [6.07, 6.45) is -4.57. The third-order valence-electron chi connectivity index (χ3n) is 2.70. The molecule has 9 heteroatoms. The molecule has 0 aliphatic rings. The van der Waals surface area contributed by atoms with Crippen LogP contribution in [0.1, 0.15) is 24.2 Å². The van der Waals surface area contributed by atoms with Crippen molar-refractivity contribution < 1.29 is 28.0 Å². The van der Waals surface area contributed by atoms with Crippen molar-refractivity contribution in [3.05, 3.63) is 33.9 Å². The molecule has 116 valence electrons. The third kappa shape index (κ3) is 4.33. The molecule has 0 amide bonds. The van der Waals surface area contributed by atoms with Crippen molar-refractivity contribution in [3.8, 4) is 0 Å². The van der Waals surface area contributed by atoms with Crippen LogP contribution < -0.4 is 4.90 Å². The SMILES string of the molecule is CC(C)N(CC(F)(F)F)c1cc(C(=O)O)ccc1[N+](=O)[O-]. The fourth-order valence-electron chi connectivity index (χ4n) is 1.78. The Kier molecular flexibility index (Phi) is 4.77. The maximum atomic E-state index is 12.6. The molecule has 1 rings (SSSR count). The minimum atomic E-state index is -4.57. The number of carbonyl (C=O) groups is 1. The van der Waals surface area contributed by atoms with Gasteiger partial charge in [-0.05, 0) is 26.0 Å². The van der Waals surface area contributed by atoms with E-state index in [4.69, 9.17) is 5.11 Å². The maximum Gasteiger partial charge on any atom is 0.405 e. The molecule has 0 unspecified atom stereocenters. The molecular weight excluding hydrogens is 293 g/mol. The summed E-state index contributed by atoms with van der Waals surface area (Å²) in [5.74, 6) is -1.37. The summed E-state index contributed by atoms with van der Waals surface area (Å²) in [5, 5.41) is 19.8. The van der Waals surface area contributed by atoms with Crippen LogP contribution in [0.25, 0.3) is 0 Å². The fraction of sp³-hybridized carbons (Fsp3) is 0.417. The molecule has 0 saturated heterocycles. The molecule has 21 heavy (non-hydrogen) atoms. The lowest BCUT2D eigenvalue weighted by Gasteiger charge is -2.29. The first-order chi connectivity index (χ1) is 9.53. The molecule has 0 atom stereocenters. The molecule has 0 aromatic heterocycles. The van der Waals surface area contributed by atoms with Crippen molar-refractivity contribution in [3.63, 3.8) is 0 Å². The second-order valence-electron chi connectivity index (χ2n) is 4.60. The molecular formula is C12H13F3N2O4. The number of benzene rings is 1. The average molecular weight is 306 g/mol. The summed E-state index contributed by atoms with van der Waals surface area (Å²) < 4.78 is 37.8. The Morgan fingerprint density at radius 2 is 2.00 bits per heavy atom. The van der Waals surface area contributed by atoms with Gasteiger partial charge in [0.25, 0.3) is 5.69 Å². The molecule has 0 bridgehead atoms. The van der Waals surface area contributed by atoms with E-state index in [1.807, 2.05) is 0 Å². The monoisotopic (exact) mass is 306 g/mol. The minimum Gasteiger partial charge on any atom is -0.478 e. The summed E-state index contributed by atoms with van der Waals surface area (Å²) >= 11 is 0. The number of carboxylic acid groups (broad SMARTS) is 1. The molecule has 0 radical (unpaired) electrons. The molecule has 0 saturated carbocycles. The second-order valence-corrected chi connectivity index (χ2v) is 4.60. The molecule has 0 fully saturated rings. The zero-order valence-electron chi connectivity index (χ0n) is 11.2. The topological polar surface area (TPSA) is 83.7 Å². The van der Waals surface area contributed by atoms with E-state index >= 15 is 0 Å². The normalized spacial score (nSPS) is 11.5. The van der Waals surface area contributed by atoms with E-state index in [-0.39, 0.29) is 11.3 Å². The summed E-state index contributed by atoms with van der Waals surface area (Å²) in [6, 6.07) is 2.06. The quantitative estimate of drug-likeness (QED) is 0.667. The number of nitro benzene ring substituents is 1. The van der Waals surface area contributed by atoms with Crippen molar-refractivity contribution in [2.75, 3.05) is 11.4 Å². The Morgan fingerprint density at radius 1 is 1.43 bits per heavy atom. The molecule has 0 aliphatic heterocycles. The molecule has 1 N–H and O–H groups in total. The Labute approximate surface area is 117 Å². The summed E-state index contributed by atoms with van der Waals surface area (Å²) in [4.78, 5) is 21.8. The van der Waals surface area contributed by atoms with E-state index in [1.165, 1.54) is 13.8 Å². The highest BCUT2D eigenvalue weighted by atomic mass is 19.4. The van der Waals surface area contributed by atoms with Crippen molar-refractivity contribution in [2.24, 2.45) is 0 Å². The number of alkyl halides is 3. The highest BCUT2D eigenvalue weighted by Crippen LogP contribution is 2.33. The lowest BCUT2D eigenvalue weighted by atomic mass is 10.1. The number of aromatic carboxylic acids is 1. The summed E-state index contributed by atoms with van der Waals surface area (Å²) in [5.41, 5.74) is -1.26. The van der Waals surface area contributed by atoms with Crippen LogP contribution in [0.3, 0.4) is 0 Å². The van der Waals surface area contributed by atoms with E-state index in [2.05, 4.69) is 0 Å². The van der Waals surface area contributed by atoms with Crippen LogP contribution in [0.5, 0.6) is 0 Å². The molecule has 0 heterocycles. The van der Waals surface area contributed by atoms with Gasteiger partial charge >= 0.3 is 12.1 Å². The number of anilines is 1. The summed E-state index contributed by atoms with van der Waals surface area (Å²) in [6.45, 7) is 1.46. The van der Waals surface area contributed by atoms with Crippen LogP contribution in [0.4, 0.5) is 24.5 Å². The van der Waals surface area contributed by atoms with Gasteiger partial charge in [0.15, 0.2) is 0 Å². The lowest BCUT2D eigenvalue weighted by molar-refractivity contribution is -0.384. The van der Waals surface area contributed by atoms with Crippen molar-refractivity contribution in [1.82, 2.24) is 0 Å². The van der Waals surface area contributed by atoms with Gasteiger partial charge in [0.2, 0.25) is 0 Å². The zero-order valence-corrected chi connectivity index (χ0v) is 11.2. The molecule has 6 nitrogen and oxygen atoms in total. The predicted octanol–water partition coefficient (Wildman–Crippen LogP) is 3.07. The number of carboxylic acids is 1. The van der Waals surface area contributed by atoms with E-state index in [9.17, 15) is 28.1 Å². The number of nitro groups is 1. The molecule has 1 aromatic rings. The Bertz CT molecular complexity index is 558. The van der Waals surface area contributed by atoms with Gasteiger partial charge in [-0.1, -0.05) is 0 Å². The smallest absolute Gasteiger partial charge is 0.405 e. The van der Waals surface area contributed by atoms with Gasteiger partial charge in [-0.15, -0.1) is 0 Å². The van der Waals surface area contributed by atoms with E-state index in [1.54, 1.807) is 0 Å². The van der Waals surface area contributed by atoms with Gasteiger partial charge in [0, 0.05) is 12.1 Å².